The van der Waals surface area contributed by atoms with Crippen molar-refractivity contribution in [3.63, 3.8) is 0 Å². The van der Waals surface area contributed by atoms with E-state index in [2.05, 4.69) is 33.3 Å². The Morgan fingerprint density at radius 1 is 0.897 bits per heavy atom. The first-order valence-corrected chi connectivity index (χ1v) is 12.2. The predicted molar refractivity (Wildman–Crippen MR) is 117 cm³/mol. The second-order valence-electron chi connectivity index (χ2n) is 9.87. The molecule has 158 valence electrons. The van der Waals surface area contributed by atoms with E-state index < -0.39 is 0 Å². The van der Waals surface area contributed by atoms with Crippen molar-refractivity contribution >= 4 is 5.91 Å². The molecule has 2 atom stereocenters. The highest BCUT2D eigenvalue weighted by molar-refractivity contribution is 5.95. The highest BCUT2D eigenvalue weighted by atomic mass is 16.2. The number of nitrogens with zero attached hydrogens (tertiary/aromatic N) is 2. The lowest BCUT2D eigenvalue weighted by atomic mass is 9.86. The van der Waals surface area contributed by atoms with Crippen LogP contribution in [0.15, 0.2) is 18.2 Å². The highest BCUT2D eigenvalue weighted by Gasteiger charge is 2.32. The average Bonchev–Trinajstić information content (AvgIpc) is 3.51. The van der Waals surface area contributed by atoms with Crippen LogP contribution in [-0.4, -0.2) is 60.0 Å². The number of rotatable bonds is 5. The van der Waals surface area contributed by atoms with Gasteiger partial charge in [-0.15, -0.1) is 0 Å². The van der Waals surface area contributed by atoms with Crippen molar-refractivity contribution < 1.29 is 4.79 Å². The summed E-state index contributed by atoms with van der Waals surface area (Å²) in [6.07, 6.45) is 13.9. The molecule has 0 aromatic heterocycles. The molecule has 0 bridgehead atoms. The Morgan fingerprint density at radius 3 is 2.55 bits per heavy atom. The molecule has 2 heterocycles. The maximum Gasteiger partial charge on any atom is 0.254 e. The Labute approximate surface area is 176 Å². The molecule has 3 fully saturated rings. The van der Waals surface area contributed by atoms with Gasteiger partial charge in [0.25, 0.3) is 5.91 Å². The van der Waals surface area contributed by atoms with Gasteiger partial charge in [-0.3, -0.25) is 4.79 Å². The van der Waals surface area contributed by atoms with E-state index in [0.717, 1.165) is 44.0 Å². The summed E-state index contributed by atoms with van der Waals surface area (Å²) in [5.41, 5.74) is 3.79. The number of hydrogen-bond acceptors (Lipinski definition) is 3. The topological polar surface area (TPSA) is 35.6 Å². The van der Waals surface area contributed by atoms with E-state index in [-0.39, 0.29) is 5.91 Å². The highest BCUT2D eigenvalue weighted by Crippen LogP contribution is 2.28. The third kappa shape index (κ3) is 4.39. The molecule has 0 radical (unpaired) electrons. The minimum Gasteiger partial charge on any atom is -0.334 e. The van der Waals surface area contributed by atoms with Crippen LogP contribution in [0.4, 0.5) is 0 Å². The zero-order chi connectivity index (χ0) is 19.6. The Hall–Kier alpha value is -1.39. The van der Waals surface area contributed by atoms with Crippen LogP contribution < -0.4 is 5.32 Å². The molecule has 29 heavy (non-hydrogen) atoms. The molecule has 2 saturated heterocycles. The Bertz CT molecular complexity index is 721. The normalized spacial score (nSPS) is 28.2. The first kappa shape index (κ1) is 19.6. The van der Waals surface area contributed by atoms with Gasteiger partial charge in [-0.25, -0.2) is 0 Å². The van der Waals surface area contributed by atoms with Crippen molar-refractivity contribution in [1.29, 1.82) is 0 Å². The van der Waals surface area contributed by atoms with Gasteiger partial charge in [0, 0.05) is 36.8 Å². The van der Waals surface area contributed by atoms with Gasteiger partial charge in [0.15, 0.2) is 0 Å². The van der Waals surface area contributed by atoms with Gasteiger partial charge in [0.2, 0.25) is 0 Å². The van der Waals surface area contributed by atoms with Crippen molar-refractivity contribution in [3.05, 3.63) is 34.9 Å². The van der Waals surface area contributed by atoms with Crippen LogP contribution in [0.2, 0.25) is 0 Å². The number of nitrogens with one attached hydrogen (secondary N) is 1. The van der Waals surface area contributed by atoms with E-state index in [1.807, 2.05) is 0 Å². The lowest BCUT2D eigenvalue weighted by molar-refractivity contribution is 0.0708. The van der Waals surface area contributed by atoms with Gasteiger partial charge < -0.3 is 15.1 Å². The van der Waals surface area contributed by atoms with Gasteiger partial charge in [0.05, 0.1) is 0 Å². The third-order valence-corrected chi connectivity index (χ3v) is 7.81. The molecule has 4 nitrogen and oxygen atoms in total. The summed E-state index contributed by atoms with van der Waals surface area (Å²) < 4.78 is 0. The number of hydrogen-bond donors (Lipinski definition) is 1. The van der Waals surface area contributed by atoms with Crippen LogP contribution in [0.25, 0.3) is 0 Å². The minimum absolute atomic E-state index is 0.265. The number of likely N-dealkylation sites (tertiary alicyclic amines) is 2. The van der Waals surface area contributed by atoms with Gasteiger partial charge in [-0.05, 0) is 94.1 Å². The molecule has 2 aliphatic carbocycles. The summed E-state index contributed by atoms with van der Waals surface area (Å²) in [5.74, 6) is 0.265. The standard InChI is InChI=1S/C25H37N3O/c29-25(28-15-5-8-24(28)18-27-13-3-4-14-27)21-10-9-20-17-23(12-11-19(20)16-21)26-22-6-1-2-7-22/h9-10,16,22-24,26H,1-8,11-15,17-18H2. The number of aryl methyl sites for hydroxylation is 1. The van der Waals surface area contributed by atoms with Gasteiger partial charge in [0.1, 0.15) is 0 Å². The average molecular weight is 396 g/mol. The van der Waals surface area contributed by atoms with Crippen LogP contribution in [0.5, 0.6) is 0 Å². The molecule has 4 aliphatic rings. The van der Waals surface area contributed by atoms with Crippen LogP contribution in [0.3, 0.4) is 0 Å². The van der Waals surface area contributed by atoms with Crippen molar-refractivity contribution in [3.8, 4) is 0 Å². The lowest BCUT2D eigenvalue weighted by Crippen LogP contribution is -2.42. The molecular formula is C25H37N3O. The predicted octanol–water partition coefficient (Wildman–Crippen LogP) is 3.78. The van der Waals surface area contributed by atoms with Crippen LogP contribution in [0, 0.1) is 0 Å². The first-order chi connectivity index (χ1) is 14.3. The summed E-state index contributed by atoms with van der Waals surface area (Å²) in [5, 5.41) is 3.90. The molecule has 1 N–H and O–H groups in total. The molecule has 1 aromatic carbocycles. The van der Waals surface area contributed by atoms with Crippen molar-refractivity contribution in [2.45, 2.75) is 88.8 Å². The van der Waals surface area contributed by atoms with Gasteiger partial charge in [-0.2, -0.15) is 0 Å². The largest absolute Gasteiger partial charge is 0.334 e. The zero-order valence-electron chi connectivity index (χ0n) is 17.9. The van der Waals surface area contributed by atoms with E-state index in [1.165, 1.54) is 75.6 Å². The maximum absolute atomic E-state index is 13.3. The summed E-state index contributed by atoms with van der Waals surface area (Å²) in [4.78, 5) is 18.0. The number of carbonyl (C=O) groups excluding carboxylic acids is 1. The quantitative estimate of drug-likeness (QED) is 0.824. The summed E-state index contributed by atoms with van der Waals surface area (Å²) in [6.45, 7) is 4.44. The third-order valence-electron chi connectivity index (χ3n) is 7.81. The summed E-state index contributed by atoms with van der Waals surface area (Å²) in [7, 11) is 0. The number of amides is 1. The molecule has 1 aromatic rings. The van der Waals surface area contributed by atoms with E-state index >= 15 is 0 Å². The summed E-state index contributed by atoms with van der Waals surface area (Å²) in [6, 6.07) is 8.34. The second-order valence-corrected chi connectivity index (χ2v) is 9.87. The van der Waals surface area contributed by atoms with E-state index in [4.69, 9.17) is 0 Å². The molecule has 2 aliphatic heterocycles. The molecule has 2 unspecified atom stereocenters. The molecule has 1 amide bonds. The monoisotopic (exact) mass is 395 g/mol. The zero-order valence-corrected chi connectivity index (χ0v) is 17.9. The van der Waals surface area contributed by atoms with Crippen LogP contribution in [-0.2, 0) is 12.8 Å². The minimum atomic E-state index is 0.265. The second kappa shape index (κ2) is 8.77. The molecule has 0 spiro atoms. The first-order valence-electron chi connectivity index (χ1n) is 12.2. The van der Waals surface area contributed by atoms with Crippen LogP contribution in [0.1, 0.15) is 79.3 Å². The van der Waals surface area contributed by atoms with E-state index in [9.17, 15) is 4.79 Å². The smallest absolute Gasteiger partial charge is 0.254 e. The molecule has 1 saturated carbocycles. The SMILES string of the molecule is O=C(c1ccc2c(c1)CCC(NC1CCCC1)C2)N1CCCC1CN1CCCC1. The molecular weight excluding hydrogens is 358 g/mol. The van der Waals surface area contributed by atoms with Crippen molar-refractivity contribution in [2.75, 3.05) is 26.2 Å². The van der Waals surface area contributed by atoms with Gasteiger partial charge >= 0.3 is 0 Å². The molecule has 5 rings (SSSR count). The fraction of sp³-hybridized carbons (Fsp3) is 0.720. The van der Waals surface area contributed by atoms with E-state index in [0.29, 0.717) is 12.1 Å². The number of carbonyl (C=O) groups is 1. The Morgan fingerprint density at radius 2 is 1.72 bits per heavy atom. The Kier molecular flexibility index (Phi) is 5.92. The van der Waals surface area contributed by atoms with E-state index in [1.54, 1.807) is 0 Å². The number of benzene rings is 1. The van der Waals surface area contributed by atoms with Crippen molar-refractivity contribution in [2.24, 2.45) is 0 Å². The van der Waals surface area contributed by atoms with Crippen molar-refractivity contribution in [1.82, 2.24) is 15.1 Å². The fourth-order valence-electron chi connectivity index (χ4n) is 6.18. The van der Waals surface area contributed by atoms with Crippen LogP contribution >= 0.6 is 0 Å². The Balaban J connectivity index is 1.23. The fourth-order valence-corrected chi connectivity index (χ4v) is 6.18. The molecule has 4 heteroatoms. The maximum atomic E-state index is 13.3. The lowest BCUT2D eigenvalue weighted by Gasteiger charge is -2.30. The number of fused-ring (bicyclic) bond motifs is 1. The summed E-state index contributed by atoms with van der Waals surface area (Å²) >= 11 is 0. The van der Waals surface area contributed by atoms with Gasteiger partial charge in [-0.1, -0.05) is 18.9 Å².